The van der Waals surface area contributed by atoms with Crippen LogP contribution in [0.5, 0.6) is 5.75 Å². The number of carbonyl (C=O) groups is 1. The van der Waals surface area contributed by atoms with Crippen molar-refractivity contribution in [1.29, 1.82) is 0 Å². The fourth-order valence-electron chi connectivity index (χ4n) is 3.88. The third-order valence-corrected chi connectivity index (χ3v) is 5.12. The number of aromatic nitrogens is 1. The number of aromatic amines is 1. The lowest BCUT2D eigenvalue weighted by atomic mass is 10.0. The summed E-state index contributed by atoms with van der Waals surface area (Å²) in [5.41, 5.74) is 4.79. The van der Waals surface area contributed by atoms with Gasteiger partial charge in [0.05, 0.1) is 0 Å². The molecule has 3 aromatic rings. The van der Waals surface area contributed by atoms with Gasteiger partial charge in [0.1, 0.15) is 5.75 Å². The molecule has 3 heterocycles. The van der Waals surface area contributed by atoms with E-state index in [1.165, 1.54) is 16.6 Å². The van der Waals surface area contributed by atoms with Gasteiger partial charge in [-0.3, -0.25) is 4.79 Å². The quantitative estimate of drug-likeness (QED) is 0.749. The number of H-pyrrole nitrogens is 1. The van der Waals surface area contributed by atoms with Crippen molar-refractivity contribution >= 4 is 16.8 Å². The first-order valence-corrected chi connectivity index (χ1v) is 8.41. The minimum absolute atomic E-state index is 0.0992. The Labute approximate surface area is 140 Å². The zero-order chi connectivity index (χ0) is 16.1. The summed E-state index contributed by atoms with van der Waals surface area (Å²) < 4.78 is 5.88. The number of hydrogen-bond donors (Lipinski definition) is 1. The van der Waals surface area contributed by atoms with Crippen LogP contribution >= 0.6 is 0 Å². The summed E-state index contributed by atoms with van der Waals surface area (Å²) in [6.45, 7) is 1.41. The molecule has 2 aliphatic heterocycles. The standard InChI is InChI=1S/C20H18N2O2/c23-20(19-11-13-5-1-4-8-18(13)24-19)22-10-9-17-15(12-22)14-6-2-3-7-16(14)21-17/h1-8,19,21H,9-12H2/t19-/m0/s1. The normalized spacial score (nSPS) is 19.0. The van der Waals surface area contributed by atoms with E-state index in [9.17, 15) is 4.79 Å². The molecule has 0 saturated carbocycles. The van der Waals surface area contributed by atoms with Crippen molar-refractivity contribution in [3.8, 4) is 5.75 Å². The predicted molar refractivity (Wildman–Crippen MR) is 92.0 cm³/mol. The molecular weight excluding hydrogens is 300 g/mol. The molecule has 1 atom stereocenters. The van der Waals surface area contributed by atoms with Gasteiger partial charge in [0.2, 0.25) is 0 Å². The molecule has 1 amide bonds. The van der Waals surface area contributed by atoms with Crippen molar-refractivity contribution in [3.63, 3.8) is 0 Å². The molecule has 0 bridgehead atoms. The summed E-state index contributed by atoms with van der Waals surface area (Å²) in [6, 6.07) is 16.2. The molecule has 1 N–H and O–H groups in total. The Bertz CT molecular complexity index is 919. The van der Waals surface area contributed by atoms with E-state index in [1.807, 2.05) is 41.3 Å². The number of fused-ring (bicyclic) bond motifs is 4. The van der Waals surface area contributed by atoms with Crippen LogP contribution in [0, 0.1) is 0 Å². The molecule has 4 heteroatoms. The molecule has 0 spiro atoms. The first kappa shape index (κ1) is 13.7. The maximum Gasteiger partial charge on any atom is 0.264 e. The Morgan fingerprint density at radius 3 is 2.88 bits per heavy atom. The third-order valence-electron chi connectivity index (χ3n) is 5.12. The second-order valence-electron chi connectivity index (χ2n) is 6.56. The molecule has 4 nitrogen and oxygen atoms in total. The van der Waals surface area contributed by atoms with Crippen LogP contribution in [0.3, 0.4) is 0 Å². The van der Waals surface area contributed by atoms with Gasteiger partial charge in [-0.15, -0.1) is 0 Å². The Morgan fingerprint density at radius 2 is 1.96 bits per heavy atom. The second-order valence-corrected chi connectivity index (χ2v) is 6.56. The Morgan fingerprint density at radius 1 is 1.12 bits per heavy atom. The van der Waals surface area contributed by atoms with Crippen LogP contribution < -0.4 is 4.74 Å². The Kier molecular flexibility index (Phi) is 2.92. The van der Waals surface area contributed by atoms with Crippen LogP contribution in [0.15, 0.2) is 48.5 Å². The molecule has 0 saturated heterocycles. The van der Waals surface area contributed by atoms with Crippen molar-refractivity contribution in [3.05, 3.63) is 65.4 Å². The van der Waals surface area contributed by atoms with Crippen molar-refractivity contribution in [1.82, 2.24) is 9.88 Å². The number of rotatable bonds is 1. The molecule has 0 unspecified atom stereocenters. The molecular formula is C20H18N2O2. The second kappa shape index (κ2) is 5.13. The summed E-state index contributed by atoms with van der Waals surface area (Å²) in [5, 5.41) is 1.22. The van der Waals surface area contributed by atoms with Gasteiger partial charge >= 0.3 is 0 Å². The number of hydrogen-bond acceptors (Lipinski definition) is 2. The number of carbonyl (C=O) groups excluding carboxylic acids is 1. The number of nitrogens with one attached hydrogen (secondary N) is 1. The van der Waals surface area contributed by atoms with Crippen LogP contribution in [-0.2, 0) is 24.2 Å². The summed E-state index contributed by atoms with van der Waals surface area (Å²) in [7, 11) is 0. The maximum atomic E-state index is 12.9. The predicted octanol–water partition coefficient (Wildman–Crippen LogP) is 3.06. The SMILES string of the molecule is O=C([C@@H]1Cc2ccccc2O1)N1CCc2[nH]c3ccccc3c2C1. The summed E-state index contributed by atoms with van der Waals surface area (Å²) in [6.07, 6.45) is 1.16. The van der Waals surface area contributed by atoms with Gasteiger partial charge in [-0.05, 0) is 17.7 Å². The lowest BCUT2D eigenvalue weighted by Crippen LogP contribution is -2.43. The Balaban J connectivity index is 1.40. The highest BCUT2D eigenvalue weighted by atomic mass is 16.5. The van der Waals surface area contributed by atoms with Crippen LogP contribution in [-0.4, -0.2) is 28.4 Å². The molecule has 2 aliphatic rings. The first-order chi connectivity index (χ1) is 11.8. The zero-order valence-electron chi connectivity index (χ0n) is 13.3. The number of amides is 1. The molecule has 0 aliphatic carbocycles. The number of benzene rings is 2. The fourth-order valence-corrected chi connectivity index (χ4v) is 3.88. The van der Waals surface area contributed by atoms with Gasteiger partial charge in [-0.2, -0.15) is 0 Å². The van der Waals surface area contributed by atoms with E-state index >= 15 is 0 Å². The third kappa shape index (κ3) is 2.03. The largest absolute Gasteiger partial charge is 0.480 e. The van der Waals surface area contributed by atoms with Gasteiger partial charge in [-0.25, -0.2) is 0 Å². The smallest absolute Gasteiger partial charge is 0.264 e. The molecule has 120 valence electrons. The van der Waals surface area contributed by atoms with Crippen molar-refractivity contribution in [2.24, 2.45) is 0 Å². The van der Waals surface area contributed by atoms with E-state index in [0.717, 1.165) is 29.8 Å². The molecule has 2 aromatic carbocycles. The highest BCUT2D eigenvalue weighted by Crippen LogP contribution is 2.31. The summed E-state index contributed by atoms with van der Waals surface area (Å²) in [5.74, 6) is 0.947. The van der Waals surface area contributed by atoms with E-state index in [4.69, 9.17) is 4.74 Å². The molecule has 1 aromatic heterocycles. The average Bonchev–Trinajstić information content (AvgIpc) is 3.21. The molecule has 24 heavy (non-hydrogen) atoms. The number of nitrogens with zero attached hydrogens (tertiary/aromatic N) is 1. The van der Waals surface area contributed by atoms with Gasteiger partial charge in [0, 0.05) is 48.1 Å². The van der Waals surface area contributed by atoms with Gasteiger partial charge in [-0.1, -0.05) is 36.4 Å². The lowest BCUT2D eigenvalue weighted by Gasteiger charge is -2.29. The first-order valence-electron chi connectivity index (χ1n) is 8.41. The minimum atomic E-state index is -0.380. The van der Waals surface area contributed by atoms with E-state index in [2.05, 4.69) is 17.1 Å². The van der Waals surface area contributed by atoms with Crippen LogP contribution in [0.1, 0.15) is 16.8 Å². The molecule has 0 fully saturated rings. The lowest BCUT2D eigenvalue weighted by molar-refractivity contribution is -0.138. The summed E-state index contributed by atoms with van der Waals surface area (Å²) in [4.78, 5) is 18.4. The van der Waals surface area contributed by atoms with Gasteiger partial charge in [0.25, 0.3) is 5.91 Å². The number of para-hydroxylation sites is 2. The number of ether oxygens (including phenoxy) is 1. The van der Waals surface area contributed by atoms with E-state index in [0.29, 0.717) is 13.0 Å². The van der Waals surface area contributed by atoms with Gasteiger partial charge in [0.15, 0.2) is 6.10 Å². The maximum absolute atomic E-state index is 12.9. The van der Waals surface area contributed by atoms with Crippen LogP contribution in [0.4, 0.5) is 0 Å². The van der Waals surface area contributed by atoms with Crippen LogP contribution in [0.2, 0.25) is 0 Å². The van der Waals surface area contributed by atoms with Crippen molar-refractivity contribution in [2.45, 2.75) is 25.5 Å². The van der Waals surface area contributed by atoms with Crippen molar-refractivity contribution < 1.29 is 9.53 Å². The average molecular weight is 318 g/mol. The van der Waals surface area contributed by atoms with Crippen molar-refractivity contribution in [2.75, 3.05) is 6.54 Å². The fraction of sp³-hybridized carbons (Fsp3) is 0.250. The zero-order valence-corrected chi connectivity index (χ0v) is 13.3. The van der Waals surface area contributed by atoms with E-state index in [1.54, 1.807) is 0 Å². The summed E-state index contributed by atoms with van der Waals surface area (Å²) >= 11 is 0. The topological polar surface area (TPSA) is 45.3 Å². The molecule has 5 rings (SSSR count). The Hall–Kier alpha value is -2.75. The van der Waals surface area contributed by atoms with E-state index < -0.39 is 0 Å². The highest BCUT2D eigenvalue weighted by Gasteiger charge is 2.34. The van der Waals surface area contributed by atoms with Gasteiger partial charge < -0.3 is 14.6 Å². The highest BCUT2D eigenvalue weighted by molar-refractivity contribution is 5.87. The monoisotopic (exact) mass is 318 g/mol. The van der Waals surface area contributed by atoms with E-state index in [-0.39, 0.29) is 12.0 Å². The molecule has 0 radical (unpaired) electrons. The van der Waals surface area contributed by atoms with Crippen LogP contribution in [0.25, 0.3) is 10.9 Å². The minimum Gasteiger partial charge on any atom is -0.480 e.